The van der Waals surface area contributed by atoms with E-state index in [1.807, 2.05) is 16.7 Å². The number of rotatable bonds is 0. The summed E-state index contributed by atoms with van der Waals surface area (Å²) in [6.45, 7) is 12.2. The lowest BCUT2D eigenvalue weighted by Crippen LogP contribution is -2.31. The van der Waals surface area contributed by atoms with Gasteiger partial charge in [-0.3, -0.25) is 0 Å². The number of allylic oxidation sites excluding steroid dienone is 4. The van der Waals surface area contributed by atoms with Crippen LogP contribution in [0.15, 0.2) is 22.3 Å². The minimum atomic E-state index is 0.821. The highest BCUT2D eigenvalue weighted by atomic mass is 14.5. The molecule has 1 fully saturated rings. The maximum Gasteiger partial charge on any atom is 0.00457 e. The van der Waals surface area contributed by atoms with Gasteiger partial charge in [0.15, 0.2) is 0 Å². The second kappa shape index (κ2) is 5.35. The van der Waals surface area contributed by atoms with Gasteiger partial charge in [-0.2, -0.15) is 0 Å². The van der Waals surface area contributed by atoms with Crippen LogP contribution in [0.5, 0.6) is 0 Å². The molecule has 3 unspecified atom stereocenters. The molecule has 0 nitrogen and oxygen atoms in total. The largest absolute Gasteiger partial charge is 0.0766 e. The molecule has 3 rings (SSSR count). The molecular formula is C20H32. The molecule has 1 saturated carbocycles. The van der Waals surface area contributed by atoms with Gasteiger partial charge in [-0.25, -0.2) is 0 Å². The number of fused-ring (bicyclic) bond motifs is 2. The van der Waals surface area contributed by atoms with Gasteiger partial charge in [-0.15, -0.1) is 0 Å². The molecule has 0 aromatic carbocycles. The Balaban J connectivity index is 2.11. The van der Waals surface area contributed by atoms with Crippen LogP contribution in [0, 0.1) is 29.6 Å². The minimum absolute atomic E-state index is 0.821. The van der Waals surface area contributed by atoms with Crippen molar-refractivity contribution in [2.24, 2.45) is 29.6 Å². The van der Waals surface area contributed by atoms with Crippen molar-refractivity contribution in [1.82, 2.24) is 0 Å². The van der Waals surface area contributed by atoms with E-state index >= 15 is 0 Å². The molecule has 0 bridgehead atoms. The molecule has 0 radical (unpaired) electrons. The van der Waals surface area contributed by atoms with Crippen molar-refractivity contribution >= 4 is 0 Å². The lowest BCUT2D eigenvalue weighted by Gasteiger charge is -2.41. The first-order chi connectivity index (χ1) is 9.50. The Morgan fingerprint density at radius 2 is 1.60 bits per heavy atom. The molecule has 0 aromatic heterocycles. The van der Waals surface area contributed by atoms with Gasteiger partial charge in [0.1, 0.15) is 0 Å². The number of hydrogen-bond acceptors (Lipinski definition) is 0. The standard InChI is InChI=1S/C20H32/c1-12(2)16-9-6-14(4)18-10-7-13(3)17-11-8-15(5)19(17)20(16)18/h13-15,18,20H,6-11H2,1-5H3/t13?,14?,15?,18-,20+/m1/s1. The first-order valence-electron chi connectivity index (χ1n) is 8.89. The molecule has 112 valence electrons. The Morgan fingerprint density at radius 1 is 0.850 bits per heavy atom. The topological polar surface area (TPSA) is 0 Å². The van der Waals surface area contributed by atoms with Crippen molar-refractivity contribution in [1.29, 1.82) is 0 Å². The summed E-state index contributed by atoms with van der Waals surface area (Å²) in [7, 11) is 0. The summed E-state index contributed by atoms with van der Waals surface area (Å²) in [5.74, 6) is 4.38. The van der Waals surface area contributed by atoms with E-state index in [1.54, 1.807) is 5.57 Å². The highest BCUT2D eigenvalue weighted by Gasteiger charge is 2.43. The summed E-state index contributed by atoms with van der Waals surface area (Å²) in [6, 6.07) is 0. The van der Waals surface area contributed by atoms with Crippen LogP contribution in [0.3, 0.4) is 0 Å². The van der Waals surface area contributed by atoms with Crippen LogP contribution in [-0.2, 0) is 0 Å². The van der Waals surface area contributed by atoms with Crippen molar-refractivity contribution in [2.45, 2.75) is 73.1 Å². The maximum absolute atomic E-state index is 2.52. The predicted molar refractivity (Wildman–Crippen MR) is 87.6 cm³/mol. The molecule has 20 heavy (non-hydrogen) atoms. The minimum Gasteiger partial charge on any atom is -0.0766 e. The van der Waals surface area contributed by atoms with E-state index in [2.05, 4.69) is 34.6 Å². The lowest BCUT2D eigenvalue weighted by molar-refractivity contribution is 0.215. The molecule has 3 aliphatic rings. The highest BCUT2D eigenvalue weighted by molar-refractivity contribution is 5.37. The van der Waals surface area contributed by atoms with E-state index in [0.717, 1.165) is 29.6 Å². The van der Waals surface area contributed by atoms with Crippen LogP contribution in [0.1, 0.15) is 73.1 Å². The monoisotopic (exact) mass is 272 g/mol. The Kier molecular flexibility index (Phi) is 3.86. The zero-order valence-electron chi connectivity index (χ0n) is 14.1. The second-order valence-electron chi connectivity index (χ2n) is 8.08. The van der Waals surface area contributed by atoms with Gasteiger partial charge in [0.2, 0.25) is 0 Å². The Morgan fingerprint density at radius 3 is 2.30 bits per heavy atom. The Labute approximate surface area is 125 Å². The zero-order chi connectivity index (χ0) is 14.4. The first kappa shape index (κ1) is 14.4. The summed E-state index contributed by atoms with van der Waals surface area (Å²) in [4.78, 5) is 0. The molecule has 0 saturated heterocycles. The third-order valence-electron chi connectivity index (χ3n) is 6.66. The van der Waals surface area contributed by atoms with Crippen LogP contribution in [0.2, 0.25) is 0 Å². The fraction of sp³-hybridized carbons (Fsp3) is 0.800. The van der Waals surface area contributed by atoms with Gasteiger partial charge in [-0.1, -0.05) is 43.1 Å². The van der Waals surface area contributed by atoms with Crippen LogP contribution in [-0.4, -0.2) is 0 Å². The predicted octanol–water partition coefficient (Wildman–Crippen LogP) is 6.14. The Hall–Kier alpha value is -0.520. The van der Waals surface area contributed by atoms with E-state index in [9.17, 15) is 0 Å². The molecular weight excluding hydrogens is 240 g/mol. The average Bonchev–Trinajstić information content (AvgIpc) is 2.70. The van der Waals surface area contributed by atoms with Crippen molar-refractivity contribution in [3.8, 4) is 0 Å². The van der Waals surface area contributed by atoms with Gasteiger partial charge in [-0.05, 0) is 76.0 Å². The summed E-state index contributed by atoms with van der Waals surface area (Å²) in [5.41, 5.74) is 7.22. The van der Waals surface area contributed by atoms with Gasteiger partial charge < -0.3 is 0 Å². The molecule has 0 heterocycles. The van der Waals surface area contributed by atoms with Gasteiger partial charge in [0.25, 0.3) is 0 Å². The Bertz CT molecular complexity index is 447. The van der Waals surface area contributed by atoms with Crippen molar-refractivity contribution in [3.63, 3.8) is 0 Å². The summed E-state index contributed by atoms with van der Waals surface area (Å²) < 4.78 is 0. The van der Waals surface area contributed by atoms with Gasteiger partial charge in [0, 0.05) is 5.92 Å². The number of hydrogen-bond donors (Lipinski definition) is 0. The summed E-state index contributed by atoms with van der Waals surface area (Å²) in [6.07, 6.45) is 8.50. The van der Waals surface area contributed by atoms with Gasteiger partial charge >= 0.3 is 0 Å². The smallest absolute Gasteiger partial charge is 0.00457 e. The van der Waals surface area contributed by atoms with E-state index < -0.39 is 0 Å². The van der Waals surface area contributed by atoms with E-state index in [1.165, 1.54) is 38.5 Å². The lowest BCUT2D eigenvalue weighted by atomic mass is 9.64. The van der Waals surface area contributed by atoms with E-state index in [0.29, 0.717) is 0 Å². The van der Waals surface area contributed by atoms with Crippen LogP contribution in [0.4, 0.5) is 0 Å². The molecule has 0 aliphatic heterocycles. The summed E-state index contributed by atoms with van der Waals surface area (Å²) >= 11 is 0. The maximum atomic E-state index is 2.52. The van der Waals surface area contributed by atoms with Gasteiger partial charge in [0.05, 0.1) is 0 Å². The SMILES string of the molecule is CC(C)=C1CCC(C)[C@H]2CCC(C)C3=C(C(C)CC3)[C@@H]12. The van der Waals surface area contributed by atoms with E-state index in [-0.39, 0.29) is 0 Å². The third kappa shape index (κ3) is 2.20. The van der Waals surface area contributed by atoms with Crippen LogP contribution in [0.25, 0.3) is 0 Å². The zero-order valence-corrected chi connectivity index (χ0v) is 14.1. The van der Waals surface area contributed by atoms with E-state index in [4.69, 9.17) is 0 Å². The molecule has 0 spiro atoms. The fourth-order valence-electron chi connectivity index (χ4n) is 5.41. The van der Waals surface area contributed by atoms with Crippen LogP contribution < -0.4 is 0 Å². The average molecular weight is 272 g/mol. The fourth-order valence-corrected chi connectivity index (χ4v) is 5.41. The molecule has 0 N–H and O–H groups in total. The van der Waals surface area contributed by atoms with Crippen LogP contribution >= 0.6 is 0 Å². The quantitative estimate of drug-likeness (QED) is 0.464. The molecule has 0 amide bonds. The summed E-state index contributed by atoms with van der Waals surface area (Å²) in [5, 5.41) is 0. The van der Waals surface area contributed by atoms with Crippen molar-refractivity contribution < 1.29 is 0 Å². The first-order valence-corrected chi connectivity index (χ1v) is 8.89. The second-order valence-corrected chi connectivity index (χ2v) is 8.08. The highest BCUT2D eigenvalue weighted by Crippen LogP contribution is 2.54. The normalized spacial score (nSPS) is 41.2. The third-order valence-corrected chi connectivity index (χ3v) is 6.66. The molecule has 5 atom stereocenters. The molecule has 3 aliphatic carbocycles. The molecule has 0 aromatic rings. The molecule has 0 heteroatoms. The van der Waals surface area contributed by atoms with Crippen molar-refractivity contribution in [2.75, 3.05) is 0 Å². The van der Waals surface area contributed by atoms with Crippen molar-refractivity contribution in [3.05, 3.63) is 22.3 Å².